The first-order chi connectivity index (χ1) is 7.77. The third-order valence-corrected chi connectivity index (χ3v) is 3.44. The van der Waals surface area contributed by atoms with Crippen molar-refractivity contribution in [2.24, 2.45) is 11.8 Å². The van der Waals surface area contributed by atoms with Crippen LogP contribution in [0.5, 0.6) is 0 Å². The molecule has 4 nitrogen and oxygen atoms in total. The highest BCUT2D eigenvalue weighted by molar-refractivity contribution is 5.75. The summed E-state index contributed by atoms with van der Waals surface area (Å²) < 4.78 is 0. The Bertz CT molecular complexity index is 209. The number of aliphatic hydroxyl groups is 1. The topological polar surface area (TPSA) is 61.4 Å². The summed E-state index contributed by atoms with van der Waals surface area (Å²) in [6, 6.07) is 0. The van der Waals surface area contributed by atoms with E-state index in [9.17, 15) is 4.79 Å². The molecule has 1 amide bonds. The molecule has 1 saturated carbocycles. The number of carbonyl (C=O) groups excluding carboxylic acids is 1. The van der Waals surface area contributed by atoms with Gasteiger partial charge >= 0.3 is 0 Å². The van der Waals surface area contributed by atoms with Gasteiger partial charge in [0.15, 0.2) is 0 Å². The van der Waals surface area contributed by atoms with Crippen LogP contribution in [0, 0.1) is 11.8 Å². The Hall–Kier alpha value is -0.610. The Morgan fingerprint density at radius 1 is 1.38 bits per heavy atom. The van der Waals surface area contributed by atoms with Gasteiger partial charge in [-0.05, 0) is 44.7 Å². The molecule has 1 rings (SSSR count). The molecular weight excluding hydrogens is 204 g/mol. The Morgan fingerprint density at radius 2 is 2.12 bits per heavy atom. The summed E-state index contributed by atoms with van der Waals surface area (Å²) in [4.78, 5) is 11.5. The molecule has 0 spiro atoms. The Morgan fingerprint density at radius 3 is 2.81 bits per heavy atom. The molecule has 2 unspecified atom stereocenters. The quantitative estimate of drug-likeness (QED) is 0.556. The monoisotopic (exact) mass is 228 g/mol. The van der Waals surface area contributed by atoms with Crippen LogP contribution in [0.4, 0.5) is 0 Å². The van der Waals surface area contributed by atoms with Crippen LogP contribution in [-0.2, 0) is 4.79 Å². The SMILES string of the molecule is CNCCCC(=O)NCC1CCCC1CO. The predicted molar refractivity (Wildman–Crippen MR) is 64.1 cm³/mol. The summed E-state index contributed by atoms with van der Waals surface area (Å²) in [5, 5.41) is 15.1. The van der Waals surface area contributed by atoms with Gasteiger partial charge in [0.2, 0.25) is 5.91 Å². The Kier molecular flexibility index (Phi) is 6.42. The molecule has 0 radical (unpaired) electrons. The maximum absolute atomic E-state index is 11.5. The van der Waals surface area contributed by atoms with Gasteiger partial charge in [-0.25, -0.2) is 0 Å². The van der Waals surface area contributed by atoms with Crippen LogP contribution < -0.4 is 10.6 Å². The van der Waals surface area contributed by atoms with E-state index in [-0.39, 0.29) is 12.5 Å². The molecule has 0 aliphatic heterocycles. The minimum absolute atomic E-state index is 0.138. The van der Waals surface area contributed by atoms with E-state index in [0.717, 1.165) is 32.4 Å². The molecule has 3 N–H and O–H groups in total. The van der Waals surface area contributed by atoms with E-state index in [4.69, 9.17) is 5.11 Å². The van der Waals surface area contributed by atoms with Crippen molar-refractivity contribution in [2.75, 3.05) is 26.7 Å². The van der Waals surface area contributed by atoms with Gasteiger partial charge in [0.25, 0.3) is 0 Å². The molecule has 16 heavy (non-hydrogen) atoms. The highest BCUT2D eigenvalue weighted by Crippen LogP contribution is 2.30. The van der Waals surface area contributed by atoms with Gasteiger partial charge in [-0.3, -0.25) is 4.79 Å². The van der Waals surface area contributed by atoms with Crippen molar-refractivity contribution in [3.8, 4) is 0 Å². The largest absolute Gasteiger partial charge is 0.396 e. The summed E-state index contributed by atoms with van der Waals surface area (Å²) >= 11 is 0. The standard InChI is InChI=1S/C12H24N2O2/c1-13-7-3-6-12(16)14-8-10-4-2-5-11(10)9-15/h10-11,13,15H,2-9H2,1H3,(H,14,16). The fourth-order valence-electron chi connectivity index (χ4n) is 2.38. The molecule has 94 valence electrons. The van der Waals surface area contributed by atoms with Crippen LogP contribution in [0.3, 0.4) is 0 Å². The third kappa shape index (κ3) is 4.49. The number of amides is 1. The van der Waals surface area contributed by atoms with Crippen molar-refractivity contribution in [1.82, 2.24) is 10.6 Å². The number of nitrogens with one attached hydrogen (secondary N) is 2. The summed E-state index contributed by atoms with van der Waals surface area (Å²) in [7, 11) is 1.89. The normalized spacial score (nSPS) is 24.6. The van der Waals surface area contributed by atoms with E-state index in [1.165, 1.54) is 6.42 Å². The second-order valence-corrected chi connectivity index (χ2v) is 4.64. The van der Waals surface area contributed by atoms with E-state index in [2.05, 4.69) is 10.6 Å². The van der Waals surface area contributed by atoms with E-state index in [1.54, 1.807) is 0 Å². The van der Waals surface area contributed by atoms with Crippen LogP contribution in [0.25, 0.3) is 0 Å². The van der Waals surface area contributed by atoms with Crippen LogP contribution in [0.2, 0.25) is 0 Å². The molecule has 1 fully saturated rings. The number of aliphatic hydroxyl groups excluding tert-OH is 1. The van der Waals surface area contributed by atoms with E-state index >= 15 is 0 Å². The number of rotatable bonds is 7. The lowest BCUT2D eigenvalue weighted by Gasteiger charge is -2.17. The Balaban J connectivity index is 2.11. The van der Waals surface area contributed by atoms with Crippen LogP contribution in [-0.4, -0.2) is 37.8 Å². The molecule has 0 aromatic rings. The van der Waals surface area contributed by atoms with E-state index in [0.29, 0.717) is 18.3 Å². The number of carbonyl (C=O) groups is 1. The molecule has 0 heterocycles. The smallest absolute Gasteiger partial charge is 0.220 e. The molecule has 4 heteroatoms. The molecule has 0 bridgehead atoms. The lowest BCUT2D eigenvalue weighted by atomic mass is 9.97. The molecule has 0 aromatic heterocycles. The summed E-state index contributed by atoms with van der Waals surface area (Å²) in [5.41, 5.74) is 0. The van der Waals surface area contributed by atoms with Crippen LogP contribution >= 0.6 is 0 Å². The minimum Gasteiger partial charge on any atom is -0.396 e. The van der Waals surface area contributed by atoms with Crippen molar-refractivity contribution in [3.63, 3.8) is 0 Å². The van der Waals surface area contributed by atoms with Crippen molar-refractivity contribution in [3.05, 3.63) is 0 Å². The third-order valence-electron chi connectivity index (χ3n) is 3.44. The first kappa shape index (κ1) is 13.5. The van der Waals surface area contributed by atoms with Crippen LogP contribution in [0.1, 0.15) is 32.1 Å². The maximum atomic E-state index is 11.5. The summed E-state index contributed by atoms with van der Waals surface area (Å²) in [6.45, 7) is 1.89. The van der Waals surface area contributed by atoms with Gasteiger partial charge in [0.05, 0.1) is 0 Å². The van der Waals surface area contributed by atoms with Gasteiger partial charge in [0.1, 0.15) is 0 Å². The first-order valence-electron chi connectivity index (χ1n) is 6.30. The molecule has 0 saturated heterocycles. The average Bonchev–Trinajstić information content (AvgIpc) is 2.74. The molecule has 1 aliphatic carbocycles. The zero-order chi connectivity index (χ0) is 11.8. The average molecular weight is 228 g/mol. The summed E-state index contributed by atoms with van der Waals surface area (Å²) in [6.07, 6.45) is 4.91. The minimum atomic E-state index is 0.138. The number of hydrogen-bond acceptors (Lipinski definition) is 3. The van der Waals surface area contributed by atoms with Gasteiger partial charge in [-0.2, -0.15) is 0 Å². The zero-order valence-electron chi connectivity index (χ0n) is 10.2. The van der Waals surface area contributed by atoms with E-state index < -0.39 is 0 Å². The summed E-state index contributed by atoms with van der Waals surface area (Å²) in [5.74, 6) is 1.02. The first-order valence-corrected chi connectivity index (χ1v) is 6.30. The lowest BCUT2D eigenvalue weighted by molar-refractivity contribution is -0.121. The van der Waals surface area contributed by atoms with Crippen molar-refractivity contribution < 1.29 is 9.90 Å². The van der Waals surface area contributed by atoms with Crippen LogP contribution in [0.15, 0.2) is 0 Å². The highest BCUT2D eigenvalue weighted by atomic mass is 16.3. The molecule has 0 aromatic carbocycles. The molecular formula is C12H24N2O2. The fraction of sp³-hybridized carbons (Fsp3) is 0.917. The molecule has 1 aliphatic rings. The Labute approximate surface area is 97.8 Å². The number of hydrogen-bond donors (Lipinski definition) is 3. The highest BCUT2D eigenvalue weighted by Gasteiger charge is 2.26. The van der Waals surface area contributed by atoms with E-state index in [1.807, 2.05) is 7.05 Å². The molecule has 2 atom stereocenters. The van der Waals surface area contributed by atoms with Gasteiger partial charge in [-0.1, -0.05) is 6.42 Å². The second-order valence-electron chi connectivity index (χ2n) is 4.64. The second kappa shape index (κ2) is 7.63. The zero-order valence-corrected chi connectivity index (χ0v) is 10.2. The van der Waals surface area contributed by atoms with Crippen molar-refractivity contribution >= 4 is 5.91 Å². The van der Waals surface area contributed by atoms with Crippen molar-refractivity contribution in [1.29, 1.82) is 0 Å². The van der Waals surface area contributed by atoms with Gasteiger partial charge in [-0.15, -0.1) is 0 Å². The predicted octanol–water partition coefficient (Wildman–Crippen LogP) is 0.511. The lowest BCUT2D eigenvalue weighted by Crippen LogP contribution is -2.31. The van der Waals surface area contributed by atoms with Gasteiger partial charge in [0, 0.05) is 19.6 Å². The fourth-order valence-corrected chi connectivity index (χ4v) is 2.38. The maximum Gasteiger partial charge on any atom is 0.220 e. The van der Waals surface area contributed by atoms with Gasteiger partial charge < -0.3 is 15.7 Å². The van der Waals surface area contributed by atoms with Crippen molar-refractivity contribution in [2.45, 2.75) is 32.1 Å².